The van der Waals surface area contributed by atoms with Gasteiger partial charge < -0.3 is 25.3 Å². The molecule has 3 N–H and O–H groups in total. The Bertz CT molecular complexity index is 1460. The fourth-order valence-corrected chi connectivity index (χ4v) is 6.60. The molecule has 3 atom stereocenters. The van der Waals surface area contributed by atoms with E-state index in [0.717, 1.165) is 16.7 Å². The Morgan fingerprint density at radius 3 is 2.37 bits per heavy atom. The largest absolute Gasteiger partial charge is 0.508 e. The number of nitrogens with one attached hydrogen (secondary N) is 1. The molecule has 0 spiro atoms. The van der Waals surface area contributed by atoms with E-state index in [0.29, 0.717) is 18.7 Å². The van der Waals surface area contributed by atoms with Gasteiger partial charge >= 0.3 is 0 Å². The van der Waals surface area contributed by atoms with Crippen molar-refractivity contribution in [2.45, 2.75) is 70.5 Å². The molecule has 0 radical (unpaired) electrons. The van der Waals surface area contributed by atoms with Crippen molar-refractivity contribution in [3.63, 3.8) is 0 Å². The quantitative estimate of drug-likeness (QED) is 0.316. The molecule has 1 saturated heterocycles. The lowest BCUT2D eigenvalue weighted by molar-refractivity contribution is -0.151. The van der Waals surface area contributed by atoms with Gasteiger partial charge in [-0.15, -0.1) is 11.8 Å². The Balaban J connectivity index is 1.61. The molecule has 0 aromatic heterocycles. The summed E-state index contributed by atoms with van der Waals surface area (Å²) in [4.78, 5) is 44.7. The minimum Gasteiger partial charge on any atom is -0.508 e. The standard InChI is InChI=1S/C34H41N3O5S/c1-6-36(20-25-16-11-10-13-22(25)2)33(42)30-34(4,5)43-21-37(30)32(41)29(39)27(19-24-14-8-7-9-15-24)35-31(40)26-17-12-18-28(38)23(26)3/h7-18,27,29-30,38-39H,6,19-21H2,1-5H3,(H,35,40)/t27-,29-,30+/m0/s1. The lowest BCUT2D eigenvalue weighted by Crippen LogP contribution is -2.59. The van der Waals surface area contributed by atoms with Crippen molar-refractivity contribution in [2.24, 2.45) is 0 Å². The number of carbonyl (C=O) groups excluding carboxylic acids is 3. The average Bonchev–Trinajstić information content (AvgIpc) is 3.31. The normalized spacial score (nSPS) is 17.3. The molecule has 3 aromatic carbocycles. The summed E-state index contributed by atoms with van der Waals surface area (Å²) in [5, 5.41) is 24.5. The molecule has 0 aliphatic carbocycles. The first-order valence-corrected chi connectivity index (χ1v) is 15.5. The molecule has 0 unspecified atom stereocenters. The fourth-order valence-electron chi connectivity index (χ4n) is 5.47. The lowest BCUT2D eigenvalue weighted by Gasteiger charge is -2.36. The third kappa shape index (κ3) is 7.22. The van der Waals surface area contributed by atoms with E-state index in [9.17, 15) is 24.6 Å². The molecular weight excluding hydrogens is 562 g/mol. The van der Waals surface area contributed by atoms with Gasteiger partial charge in [0.15, 0.2) is 6.10 Å². The average molecular weight is 604 g/mol. The number of aryl methyl sites for hydroxylation is 1. The maximum Gasteiger partial charge on any atom is 0.254 e. The summed E-state index contributed by atoms with van der Waals surface area (Å²) in [5.74, 6) is -1.09. The van der Waals surface area contributed by atoms with Crippen molar-refractivity contribution >= 4 is 29.5 Å². The van der Waals surface area contributed by atoms with Gasteiger partial charge in [0.05, 0.1) is 11.9 Å². The summed E-state index contributed by atoms with van der Waals surface area (Å²) in [6, 6.07) is 20.1. The molecule has 1 heterocycles. The Morgan fingerprint density at radius 1 is 1.02 bits per heavy atom. The van der Waals surface area contributed by atoms with Crippen LogP contribution in [0.25, 0.3) is 0 Å². The molecule has 9 heteroatoms. The molecule has 1 aliphatic heterocycles. The van der Waals surface area contributed by atoms with E-state index in [1.165, 1.54) is 22.7 Å². The summed E-state index contributed by atoms with van der Waals surface area (Å²) >= 11 is 1.49. The number of hydrogen-bond donors (Lipinski definition) is 3. The molecule has 1 fully saturated rings. The van der Waals surface area contributed by atoms with Gasteiger partial charge in [0.2, 0.25) is 5.91 Å². The van der Waals surface area contributed by atoms with Crippen LogP contribution < -0.4 is 5.32 Å². The smallest absolute Gasteiger partial charge is 0.254 e. The zero-order valence-electron chi connectivity index (χ0n) is 25.4. The highest BCUT2D eigenvalue weighted by molar-refractivity contribution is 8.00. The highest BCUT2D eigenvalue weighted by Crippen LogP contribution is 2.41. The number of phenolic OH excluding ortho intramolecular Hbond substituents is 1. The van der Waals surface area contributed by atoms with E-state index in [2.05, 4.69) is 5.32 Å². The fraction of sp³-hybridized carbons (Fsp3) is 0.382. The van der Waals surface area contributed by atoms with Crippen molar-refractivity contribution in [3.8, 4) is 5.75 Å². The van der Waals surface area contributed by atoms with Gasteiger partial charge in [0, 0.05) is 29.0 Å². The maximum absolute atomic E-state index is 14.1. The zero-order valence-corrected chi connectivity index (χ0v) is 26.2. The van der Waals surface area contributed by atoms with Crippen molar-refractivity contribution in [1.29, 1.82) is 0 Å². The molecular formula is C34H41N3O5S. The van der Waals surface area contributed by atoms with Crippen LogP contribution in [0.3, 0.4) is 0 Å². The molecule has 0 bridgehead atoms. The molecule has 3 aromatic rings. The SMILES string of the molecule is CCN(Cc1ccccc1C)C(=O)[C@H]1N(C(=O)[C@@H](O)[C@H](Cc2ccccc2)NC(=O)c2cccc(O)c2C)CSC1(C)C. The van der Waals surface area contributed by atoms with Crippen LogP contribution in [-0.4, -0.2) is 73.1 Å². The van der Waals surface area contributed by atoms with Gasteiger partial charge in [-0.25, -0.2) is 0 Å². The maximum atomic E-state index is 14.1. The van der Waals surface area contributed by atoms with E-state index in [-0.39, 0.29) is 29.5 Å². The van der Waals surface area contributed by atoms with Gasteiger partial charge in [-0.05, 0) is 69.9 Å². The Kier molecular flexibility index (Phi) is 10.2. The van der Waals surface area contributed by atoms with Crippen LogP contribution in [0.1, 0.15) is 53.4 Å². The van der Waals surface area contributed by atoms with Crippen molar-refractivity contribution in [2.75, 3.05) is 12.4 Å². The molecule has 0 saturated carbocycles. The second kappa shape index (κ2) is 13.7. The van der Waals surface area contributed by atoms with Crippen LogP contribution >= 0.6 is 11.8 Å². The molecule has 8 nitrogen and oxygen atoms in total. The summed E-state index contributed by atoms with van der Waals surface area (Å²) in [5.41, 5.74) is 3.59. The number of nitrogens with zero attached hydrogens (tertiary/aromatic N) is 2. The number of thioether (sulfide) groups is 1. The number of phenols is 1. The van der Waals surface area contributed by atoms with Gasteiger partial charge in [-0.3, -0.25) is 14.4 Å². The van der Waals surface area contributed by atoms with Gasteiger partial charge in [0.25, 0.3) is 11.8 Å². The summed E-state index contributed by atoms with van der Waals surface area (Å²) in [7, 11) is 0. The Hall–Kier alpha value is -3.82. The van der Waals surface area contributed by atoms with E-state index < -0.39 is 34.7 Å². The van der Waals surface area contributed by atoms with Crippen molar-refractivity contribution in [1.82, 2.24) is 15.1 Å². The minimum absolute atomic E-state index is 0.0206. The molecule has 4 rings (SSSR count). The van der Waals surface area contributed by atoms with E-state index >= 15 is 0 Å². The number of aliphatic hydroxyl groups excluding tert-OH is 1. The number of benzene rings is 3. The molecule has 228 valence electrons. The van der Waals surface area contributed by atoms with Crippen LogP contribution in [0, 0.1) is 13.8 Å². The third-order valence-electron chi connectivity index (χ3n) is 8.18. The van der Waals surface area contributed by atoms with Crippen LogP contribution in [0.15, 0.2) is 72.8 Å². The van der Waals surface area contributed by atoms with Gasteiger partial charge in [-0.1, -0.05) is 60.7 Å². The van der Waals surface area contributed by atoms with E-state index in [4.69, 9.17) is 0 Å². The van der Waals surface area contributed by atoms with Crippen LogP contribution in [0.2, 0.25) is 0 Å². The second-order valence-electron chi connectivity index (χ2n) is 11.5. The number of aliphatic hydroxyl groups is 1. The first-order chi connectivity index (χ1) is 20.4. The minimum atomic E-state index is -1.61. The number of rotatable bonds is 10. The predicted octanol–water partition coefficient (Wildman–Crippen LogP) is 4.44. The van der Waals surface area contributed by atoms with Crippen LogP contribution in [0.4, 0.5) is 0 Å². The number of aromatic hydroxyl groups is 1. The van der Waals surface area contributed by atoms with Crippen molar-refractivity contribution < 1.29 is 24.6 Å². The lowest BCUT2D eigenvalue weighted by atomic mass is 9.96. The number of hydrogen-bond acceptors (Lipinski definition) is 6. The highest BCUT2D eigenvalue weighted by Gasteiger charge is 2.51. The van der Waals surface area contributed by atoms with E-state index in [1.54, 1.807) is 24.0 Å². The second-order valence-corrected chi connectivity index (χ2v) is 13.1. The summed E-state index contributed by atoms with van der Waals surface area (Å²) in [6.07, 6.45) is -1.42. The topological polar surface area (TPSA) is 110 Å². The monoisotopic (exact) mass is 603 g/mol. The zero-order chi connectivity index (χ0) is 31.3. The molecule has 43 heavy (non-hydrogen) atoms. The molecule has 3 amide bonds. The predicted molar refractivity (Wildman–Crippen MR) is 170 cm³/mol. The molecule has 1 aliphatic rings. The Morgan fingerprint density at radius 2 is 1.70 bits per heavy atom. The first-order valence-electron chi connectivity index (χ1n) is 14.5. The van der Waals surface area contributed by atoms with Crippen LogP contribution in [0.5, 0.6) is 5.75 Å². The number of amides is 3. The first kappa shape index (κ1) is 32.1. The van der Waals surface area contributed by atoms with Gasteiger partial charge in [-0.2, -0.15) is 0 Å². The number of likely N-dealkylation sites (N-methyl/N-ethyl adjacent to an activating group) is 1. The Labute approximate surface area is 258 Å². The van der Waals surface area contributed by atoms with Crippen LogP contribution in [-0.2, 0) is 22.6 Å². The summed E-state index contributed by atoms with van der Waals surface area (Å²) < 4.78 is -0.595. The number of carbonyl (C=O) groups is 3. The summed E-state index contributed by atoms with van der Waals surface area (Å²) in [6.45, 7) is 10.3. The third-order valence-corrected chi connectivity index (χ3v) is 9.55. The highest BCUT2D eigenvalue weighted by atomic mass is 32.2. The van der Waals surface area contributed by atoms with Gasteiger partial charge in [0.1, 0.15) is 11.8 Å². The van der Waals surface area contributed by atoms with E-state index in [1.807, 2.05) is 82.3 Å². The van der Waals surface area contributed by atoms with Crippen molar-refractivity contribution in [3.05, 3.63) is 101 Å².